The molecule has 7 heteroatoms. The summed E-state index contributed by atoms with van der Waals surface area (Å²) in [6.45, 7) is 0. The average molecular weight is 337 g/mol. The summed E-state index contributed by atoms with van der Waals surface area (Å²) in [5.41, 5.74) is 0.976. The van der Waals surface area contributed by atoms with Crippen LogP contribution in [0, 0.1) is 10.1 Å². The van der Waals surface area contributed by atoms with Crippen LogP contribution in [0.25, 0.3) is 6.08 Å². The minimum Gasteiger partial charge on any atom is -0.322 e. The predicted molar refractivity (Wildman–Crippen MR) is 87.2 cm³/mol. The molecule has 0 saturated carbocycles. The molecule has 2 aromatic carbocycles. The van der Waals surface area contributed by atoms with Gasteiger partial charge in [0.2, 0.25) is 5.91 Å². The molecule has 0 heterocycles. The molecule has 2 aromatic rings. The van der Waals surface area contributed by atoms with Crippen LogP contribution in [-0.4, -0.2) is 10.8 Å². The second kappa shape index (κ2) is 7.06. The van der Waals surface area contributed by atoms with E-state index < -0.39 is 10.8 Å². The van der Waals surface area contributed by atoms with E-state index in [4.69, 9.17) is 23.2 Å². The Morgan fingerprint density at radius 1 is 1.14 bits per heavy atom. The molecule has 0 spiro atoms. The van der Waals surface area contributed by atoms with Crippen molar-refractivity contribution in [1.29, 1.82) is 0 Å². The number of carbonyl (C=O) groups excluding carboxylic acids is 1. The third-order valence-electron chi connectivity index (χ3n) is 2.64. The molecule has 22 heavy (non-hydrogen) atoms. The minimum absolute atomic E-state index is 0.0378. The number of hydrogen-bond donors (Lipinski definition) is 1. The number of nitrogens with one attached hydrogen (secondary N) is 1. The summed E-state index contributed by atoms with van der Waals surface area (Å²) < 4.78 is 0. The number of nitro benzene ring substituents is 1. The maximum Gasteiger partial charge on any atom is 0.270 e. The number of rotatable bonds is 4. The quantitative estimate of drug-likeness (QED) is 0.505. The summed E-state index contributed by atoms with van der Waals surface area (Å²) in [7, 11) is 0. The second-order valence-electron chi connectivity index (χ2n) is 4.33. The van der Waals surface area contributed by atoms with Crippen LogP contribution in [0.4, 0.5) is 11.4 Å². The lowest BCUT2D eigenvalue weighted by Gasteiger charge is -2.03. The molecule has 0 aliphatic carbocycles. The molecule has 2 rings (SSSR count). The van der Waals surface area contributed by atoms with Crippen LogP contribution >= 0.6 is 23.2 Å². The molecule has 0 aliphatic rings. The van der Waals surface area contributed by atoms with Crippen LogP contribution in [-0.2, 0) is 4.79 Å². The maximum atomic E-state index is 11.8. The van der Waals surface area contributed by atoms with Gasteiger partial charge in [0.15, 0.2) is 0 Å². The van der Waals surface area contributed by atoms with Gasteiger partial charge in [0, 0.05) is 33.9 Å². The van der Waals surface area contributed by atoms with Gasteiger partial charge in [-0.2, -0.15) is 0 Å². The molecule has 112 valence electrons. The summed E-state index contributed by atoms with van der Waals surface area (Å²) in [6.07, 6.45) is 2.75. The zero-order valence-electron chi connectivity index (χ0n) is 11.1. The van der Waals surface area contributed by atoms with Gasteiger partial charge in [-0.3, -0.25) is 14.9 Å². The van der Waals surface area contributed by atoms with E-state index in [2.05, 4.69) is 5.32 Å². The maximum absolute atomic E-state index is 11.8. The molecule has 0 aliphatic heterocycles. The lowest BCUT2D eigenvalue weighted by Crippen LogP contribution is -2.07. The Balaban J connectivity index is 2.08. The SMILES string of the molecule is O=C(C=Cc1cccc([N+](=O)[O-])c1)Nc1cc(Cl)cc(Cl)c1. The zero-order chi connectivity index (χ0) is 16.1. The van der Waals surface area contributed by atoms with Gasteiger partial charge in [-0.05, 0) is 29.8 Å². The van der Waals surface area contributed by atoms with Crippen LogP contribution in [0.1, 0.15) is 5.56 Å². The third kappa shape index (κ3) is 4.58. The van der Waals surface area contributed by atoms with Crippen molar-refractivity contribution < 1.29 is 9.72 Å². The number of carbonyl (C=O) groups is 1. The second-order valence-corrected chi connectivity index (χ2v) is 5.21. The number of non-ortho nitro benzene ring substituents is 1. The van der Waals surface area contributed by atoms with Crippen molar-refractivity contribution in [3.63, 3.8) is 0 Å². The zero-order valence-corrected chi connectivity index (χ0v) is 12.6. The van der Waals surface area contributed by atoms with Gasteiger partial charge in [0.05, 0.1) is 4.92 Å². The summed E-state index contributed by atoms with van der Waals surface area (Å²) >= 11 is 11.7. The van der Waals surface area contributed by atoms with Crippen molar-refractivity contribution in [2.75, 3.05) is 5.32 Å². The largest absolute Gasteiger partial charge is 0.322 e. The topological polar surface area (TPSA) is 72.2 Å². The summed E-state index contributed by atoms with van der Waals surface area (Å²) in [5, 5.41) is 14.1. The first kappa shape index (κ1) is 16.0. The summed E-state index contributed by atoms with van der Waals surface area (Å²) in [4.78, 5) is 22.0. The van der Waals surface area contributed by atoms with Gasteiger partial charge >= 0.3 is 0 Å². The molecule has 1 N–H and O–H groups in total. The van der Waals surface area contributed by atoms with E-state index in [0.29, 0.717) is 21.3 Å². The van der Waals surface area contributed by atoms with Gasteiger partial charge in [-0.1, -0.05) is 35.3 Å². The van der Waals surface area contributed by atoms with E-state index in [1.54, 1.807) is 30.3 Å². The average Bonchev–Trinajstić information content (AvgIpc) is 2.44. The number of hydrogen-bond acceptors (Lipinski definition) is 3. The van der Waals surface area contributed by atoms with Crippen molar-refractivity contribution in [3.05, 3.63) is 74.3 Å². The van der Waals surface area contributed by atoms with Crippen LogP contribution in [0.5, 0.6) is 0 Å². The standard InChI is InChI=1S/C15H10Cl2N2O3/c16-11-7-12(17)9-13(8-11)18-15(20)5-4-10-2-1-3-14(6-10)19(21)22/h1-9H,(H,18,20). The number of benzene rings is 2. The summed E-state index contributed by atoms with van der Waals surface area (Å²) in [6, 6.07) is 10.6. The molecule has 5 nitrogen and oxygen atoms in total. The van der Waals surface area contributed by atoms with E-state index in [1.807, 2.05) is 0 Å². The predicted octanol–water partition coefficient (Wildman–Crippen LogP) is 4.55. The molecule has 0 atom stereocenters. The Morgan fingerprint density at radius 2 is 1.82 bits per heavy atom. The van der Waals surface area contributed by atoms with Gasteiger partial charge < -0.3 is 5.32 Å². The number of anilines is 1. The lowest BCUT2D eigenvalue weighted by atomic mass is 10.2. The molecule has 0 bridgehead atoms. The Morgan fingerprint density at radius 3 is 2.45 bits per heavy atom. The number of amides is 1. The monoisotopic (exact) mass is 336 g/mol. The van der Waals surface area contributed by atoms with Gasteiger partial charge in [-0.25, -0.2) is 0 Å². The number of nitrogens with zero attached hydrogens (tertiary/aromatic N) is 1. The van der Waals surface area contributed by atoms with E-state index >= 15 is 0 Å². The van der Waals surface area contributed by atoms with Crippen molar-refractivity contribution in [3.8, 4) is 0 Å². The Kier molecular flexibility index (Phi) is 5.14. The highest BCUT2D eigenvalue weighted by atomic mass is 35.5. The molecule has 1 amide bonds. The highest BCUT2D eigenvalue weighted by Crippen LogP contribution is 2.22. The first-order chi connectivity index (χ1) is 10.4. The molecule has 0 saturated heterocycles. The molecule has 0 radical (unpaired) electrons. The molecular formula is C15H10Cl2N2O3. The fraction of sp³-hybridized carbons (Fsp3) is 0. The van der Waals surface area contributed by atoms with Gasteiger partial charge in [0.1, 0.15) is 0 Å². The number of nitro groups is 1. The molecular weight excluding hydrogens is 327 g/mol. The smallest absolute Gasteiger partial charge is 0.270 e. The van der Waals surface area contributed by atoms with Crippen LogP contribution in [0.15, 0.2) is 48.5 Å². The van der Waals surface area contributed by atoms with E-state index in [9.17, 15) is 14.9 Å². The Bertz CT molecular complexity index is 740. The molecule has 0 aromatic heterocycles. The minimum atomic E-state index is -0.495. The highest BCUT2D eigenvalue weighted by molar-refractivity contribution is 6.35. The van der Waals surface area contributed by atoms with Crippen LogP contribution in [0.3, 0.4) is 0 Å². The van der Waals surface area contributed by atoms with Crippen molar-refractivity contribution in [2.45, 2.75) is 0 Å². The van der Waals surface area contributed by atoms with Gasteiger partial charge in [0.25, 0.3) is 5.69 Å². The summed E-state index contributed by atoms with van der Waals surface area (Å²) in [5.74, 6) is -0.398. The van der Waals surface area contributed by atoms with Crippen molar-refractivity contribution >= 4 is 46.6 Å². The van der Waals surface area contributed by atoms with Crippen LogP contribution < -0.4 is 5.32 Å². The normalized spacial score (nSPS) is 10.6. The van der Waals surface area contributed by atoms with Crippen LogP contribution in [0.2, 0.25) is 10.0 Å². The van der Waals surface area contributed by atoms with Crippen molar-refractivity contribution in [1.82, 2.24) is 0 Å². The fourth-order valence-corrected chi connectivity index (χ4v) is 2.25. The van der Waals surface area contributed by atoms with E-state index in [1.165, 1.54) is 24.3 Å². The third-order valence-corrected chi connectivity index (χ3v) is 3.07. The van der Waals surface area contributed by atoms with Crippen molar-refractivity contribution in [2.24, 2.45) is 0 Å². The van der Waals surface area contributed by atoms with E-state index in [0.717, 1.165) is 0 Å². The Hall–Kier alpha value is -2.37. The lowest BCUT2D eigenvalue weighted by molar-refractivity contribution is -0.384. The fourth-order valence-electron chi connectivity index (χ4n) is 1.72. The first-order valence-corrected chi connectivity index (χ1v) is 6.89. The Labute approximate surface area is 136 Å². The first-order valence-electron chi connectivity index (χ1n) is 6.13. The van der Waals surface area contributed by atoms with Gasteiger partial charge in [-0.15, -0.1) is 0 Å². The van der Waals surface area contributed by atoms with E-state index in [-0.39, 0.29) is 5.69 Å². The molecule has 0 fully saturated rings. The molecule has 0 unspecified atom stereocenters. The number of halogens is 2. The highest BCUT2D eigenvalue weighted by Gasteiger charge is 2.05.